The van der Waals surface area contributed by atoms with Crippen LogP contribution < -0.4 is 9.70 Å². The number of carbonyl (C=O) groups excluding carboxylic acids is 1. The second kappa shape index (κ2) is 8.46. The number of anilines is 1. The molecule has 1 amide bonds. The van der Waals surface area contributed by atoms with Gasteiger partial charge in [-0.1, -0.05) is 59.6 Å². The Balaban J connectivity index is 1.76. The van der Waals surface area contributed by atoms with E-state index in [9.17, 15) is 4.79 Å². The molecule has 1 aliphatic heterocycles. The van der Waals surface area contributed by atoms with Gasteiger partial charge >= 0.3 is 0 Å². The quantitative estimate of drug-likeness (QED) is 0.363. The van der Waals surface area contributed by atoms with E-state index in [-0.39, 0.29) is 5.91 Å². The van der Waals surface area contributed by atoms with Crippen molar-refractivity contribution in [2.75, 3.05) is 11.9 Å². The third kappa shape index (κ3) is 3.92. The van der Waals surface area contributed by atoms with Gasteiger partial charge in [-0.3, -0.25) is 4.79 Å². The van der Waals surface area contributed by atoms with Gasteiger partial charge in [-0.25, -0.2) is 9.67 Å². The van der Waals surface area contributed by atoms with Crippen LogP contribution in [0.1, 0.15) is 16.7 Å². The number of amides is 1. The van der Waals surface area contributed by atoms with Crippen molar-refractivity contribution in [3.05, 3.63) is 98.6 Å². The zero-order chi connectivity index (χ0) is 23.1. The Morgan fingerprint density at radius 1 is 0.970 bits per heavy atom. The van der Waals surface area contributed by atoms with Gasteiger partial charge in [0.05, 0.1) is 17.1 Å². The zero-order valence-corrected chi connectivity index (χ0v) is 20.0. The van der Waals surface area contributed by atoms with Crippen LogP contribution in [-0.2, 0) is 4.79 Å². The number of rotatable bonds is 3. The van der Waals surface area contributed by atoms with E-state index in [0.717, 1.165) is 33.8 Å². The van der Waals surface area contributed by atoms with Crippen molar-refractivity contribution in [3.63, 3.8) is 0 Å². The first kappa shape index (κ1) is 21.4. The monoisotopic (exact) mass is 472 g/mol. The maximum atomic E-state index is 13.1. The molecule has 4 aromatic rings. The van der Waals surface area contributed by atoms with Crippen molar-refractivity contribution < 1.29 is 4.79 Å². The Morgan fingerprint density at radius 2 is 1.79 bits per heavy atom. The minimum atomic E-state index is -0.149. The van der Waals surface area contributed by atoms with Gasteiger partial charge in [0, 0.05) is 28.6 Å². The number of halogens is 1. The third-order valence-electron chi connectivity index (χ3n) is 5.60. The van der Waals surface area contributed by atoms with Crippen LogP contribution in [0.5, 0.6) is 0 Å². The van der Waals surface area contributed by atoms with Gasteiger partial charge in [0.15, 0.2) is 5.71 Å². The summed E-state index contributed by atoms with van der Waals surface area (Å²) < 4.78 is 1.75. The number of hydrogen-bond acceptors (Lipinski definition) is 4. The first-order valence-corrected chi connectivity index (χ1v) is 11.7. The molecule has 0 N–H and O–H groups in total. The number of nitrogens with zero attached hydrogens (tertiary/aromatic N) is 4. The number of para-hydroxylation sites is 1. The van der Waals surface area contributed by atoms with Gasteiger partial charge in [-0.2, -0.15) is 5.10 Å². The largest absolute Gasteiger partial charge is 0.309 e. The van der Waals surface area contributed by atoms with Gasteiger partial charge in [0.25, 0.3) is 5.91 Å². The lowest BCUT2D eigenvalue weighted by atomic mass is 10.1. The fraction of sp³-hybridized carbons (Fsp3) is 0.115. The number of hydrogen-bond donors (Lipinski definition) is 0. The van der Waals surface area contributed by atoms with Crippen molar-refractivity contribution >= 4 is 45.9 Å². The predicted molar refractivity (Wildman–Crippen MR) is 136 cm³/mol. The minimum Gasteiger partial charge on any atom is -0.309 e. The van der Waals surface area contributed by atoms with Gasteiger partial charge in [-0.05, 0) is 43.7 Å². The van der Waals surface area contributed by atoms with Gasteiger partial charge in [0.1, 0.15) is 0 Å². The molecule has 0 radical (unpaired) electrons. The number of benzene rings is 3. The maximum Gasteiger partial charge on any atom is 0.279 e. The number of thiazole rings is 1. The lowest BCUT2D eigenvalue weighted by Crippen LogP contribution is -2.27. The Bertz CT molecular complexity index is 1500. The predicted octanol–water partition coefficient (Wildman–Crippen LogP) is 5.95. The Labute approximate surface area is 200 Å². The van der Waals surface area contributed by atoms with E-state index in [1.165, 1.54) is 16.9 Å². The molecule has 0 aliphatic carbocycles. The van der Waals surface area contributed by atoms with Crippen LogP contribution in [0.3, 0.4) is 0 Å². The Morgan fingerprint density at radius 3 is 2.58 bits per heavy atom. The standard InChI is InChI=1S/C26H21ClN4OS/c1-16-11-12-21(17(2)13-16)28-26-31(23(15-33-26)18-7-6-8-19(27)14-18)29-24-20-9-4-5-10-22(20)30(3)25(24)32/h4-15H,1-3H3/b28-26?,29-24-. The molecule has 2 heterocycles. The molecule has 0 fully saturated rings. The lowest BCUT2D eigenvalue weighted by molar-refractivity contribution is -0.112. The van der Waals surface area contributed by atoms with E-state index >= 15 is 0 Å². The van der Waals surface area contributed by atoms with E-state index in [2.05, 4.69) is 13.0 Å². The molecule has 0 bridgehead atoms. The molecule has 1 aromatic heterocycles. The van der Waals surface area contributed by atoms with Crippen LogP contribution in [0.2, 0.25) is 5.02 Å². The summed E-state index contributed by atoms with van der Waals surface area (Å²) in [5.41, 5.74) is 6.87. The second-order valence-electron chi connectivity index (χ2n) is 7.96. The summed E-state index contributed by atoms with van der Waals surface area (Å²) in [6.45, 7) is 4.10. The van der Waals surface area contributed by atoms with Crippen molar-refractivity contribution in [1.29, 1.82) is 0 Å². The van der Waals surface area contributed by atoms with Gasteiger partial charge < -0.3 is 4.90 Å². The van der Waals surface area contributed by atoms with E-state index in [1.54, 1.807) is 16.6 Å². The topological polar surface area (TPSA) is 50.0 Å². The summed E-state index contributed by atoms with van der Waals surface area (Å²) in [7, 11) is 1.76. The molecular formula is C26H21ClN4OS. The molecule has 5 nitrogen and oxygen atoms in total. The third-order valence-corrected chi connectivity index (χ3v) is 6.65. The molecule has 0 saturated heterocycles. The number of aryl methyl sites for hydroxylation is 2. The van der Waals surface area contributed by atoms with Crippen molar-refractivity contribution in [3.8, 4) is 11.3 Å². The first-order valence-electron chi connectivity index (χ1n) is 10.5. The molecular weight excluding hydrogens is 452 g/mol. The van der Waals surface area contributed by atoms with Crippen molar-refractivity contribution in [1.82, 2.24) is 4.68 Å². The first-order chi connectivity index (χ1) is 15.9. The fourth-order valence-corrected chi connectivity index (χ4v) is 4.93. The van der Waals surface area contributed by atoms with E-state index in [1.807, 2.05) is 73.0 Å². The average Bonchev–Trinajstić information content (AvgIpc) is 3.30. The Hall–Kier alpha value is -3.48. The minimum absolute atomic E-state index is 0.149. The highest BCUT2D eigenvalue weighted by Crippen LogP contribution is 2.29. The number of carbonyl (C=O) groups is 1. The Kier molecular flexibility index (Phi) is 5.48. The van der Waals surface area contributed by atoms with E-state index in [0.29, 0.717) is 15.5 Å². The summed E-state index contributed by atoms with van der Waals surface area (Å²) in [6.07, 6.45) is 0. The summed E-state index contributed by atoms with van der Waals surface area (Å²) in [5, 5.41) is 7.48. The molecule has 7 heteroatoms. The number of aromatic nitrogens is 1. The molecule has 1 aliphatic rings. The lowest BCUT2D eigenvalue weighted by Gasteiger charge is -2.08. The summed E-state index contributed by atoms with van der Waals surface area (Å²) in [6, 6.07) is 21.4. The number of likely N-dealkylation sites (N-methyl/N-ethyl adjacent to an activating group) is 1. The smallest absolute Gasteiger partial charge is 0.279 e. The fourth-order valence-electron chi connectivity index (χ4n) is 3.90. The van der Waals surface area contributed by atoms with Crippen LogP contribution in [0.25, 0.3) is 11.3 Å². The molecule has 0 saturated carbocycles. The number of fused-ring (bicyclic) bond motifs is 1. The maximum absolute atomic E-state index is 13.1. The average molecular weight is 473 g/mol. The highest BCUT2D eigenvalue weighted by atomic mass is 35.5. The normalized spacial score (nSPS) is 14.9. The molecule has 33 heavy (non-hydrogen) atoms. The van der Waals surface area contributed by atoms with Crippen LogP contribution in [0, 0.1) is 13.8 Å². The van der Waals surface area contributed by atoms with Crippen LogP contribution in [-0.4, -0.2) is 23.3 Å². The molecule has 5 rings (SSSR count). The van der Waals surface area contributed by atoms with Crippen LogP contribution >= 0.6 is 22.9 Å². The molecule has 3 aromatic carbocycles. The second-order valence-corrected chi connectivity index (χ2v) is 9.23. The highest BCUT2D eigenvalue weighted by Gasteiger charge is 2.31. The van der Waals surface area contributed by atoms with E-state index < -0.39 is 0 Å². The van der Waals surface area contributed by atoms with Crippen LogP contribution in [0.15, 0.2) is 82.2 Å². The summed E-state index contributed by atoms with van der Waals surface area (Å²) in [5.74, 6) is -0.149. The summed E-state index contributed by atoms with van der Waals surface area (Å²) in [4.78, 5) is 20.3. The molecule has 0 atom stereocenters. The molecule has 0 unspecified atom stereocenters. The van der Waals surface area contributed by atoms with E-state index in [4.69, 9.17) is 21.7 Å². The van der Waals surface area contributed by atoms with Gasteiger partial charge in [-0.15, -0.1) is 11.3 Å². The molecule has 0 spiro atoms. The SMILES string of the molecule is Cc1ccc(N=c2scc(-c3cccc(Cl)c3)n2/N=C2\C(=O)N(C)c3ccccc32)c(C)c1. The zero-order valence-electron chi connectivity index (χ0n) is 18.4. The summed E-state index contributed by atoms with van der Waals surface area (Å²) >= 11 is 7.75. The van der Waals surface area contributed by atoms with Crippen molar-refractivity contribution in [2.45, 2.75) is 13.8 Å². The molecule has 164 valence electrons. The van der Waals surface area contributed by atoms with Crippen molar-refractivity contribution in [2.24, 2.45) is 10.1 Å². The van der Waals surface area contributed by atoms with Crippen LogP contribution in [0.4, 0.5) is 11.4 Å². The van der Waals surface area contributed by atoms with Gasteiger partial charge in [0.2, 0.25) is 4.80 Å². The highest BCUT2D eigenvalue weighted by molar-refractivity contribution is 7.07.